The Morgan fingerprint density at radius 1 is 1.29 bits per heavy atom. The van der Waals surface area contributed by atoms with E-state index in [1.807, 2.05) is 19.3 Å². The van der Waals surface area contributed by atoms with Gasteiger partial charge in [0.1, 0.15) is 5.82 Å². The molecule has 0 saturated carbocycles. The highest BCUT2D eigenvalue weighted by atomic mass is 15.3. The molecule has 0 fully saturated rings. The van der Waals surface area contributed by atoms with Crippen molar-refractivity contribution >= 4 is 17.2 Å². The summed E-state index contributed by atoms with van der Waals surface area (Å²) in [5.74, 6) is 0.515. The van der Waals surface area contributed by atoms with Crippen LogP contribution in [0.1, 0.15) is 0 Å². The van der Waals surface area contributed by atoms with Crippen molar-refractivity contribution in [3.05, 3.63) is 30.7 Å². The molecule has 0 aliphatic carbocycles. The fourth-order valence-electron chi connectivity index (χ4n) is 1.13. The molecule has 0 aromatic carbocycles. The molecule has 0 aliphatic heterocycles. The minimum Gasteiger partial charge on any atom is -0.384 e. The molecule has 2 rings (SSSR count). The first kappa shape index (κ1) is 8.55. The molecule has 0 saturated heterocycles. The van der Waals surface area contributed by atoms with Crippen molar-refractivity contribution in [2.24, 2.45) is 7.05 Å². The Hall–Kier alpha value is -2.04. The Labute approximate surface area is 81.6 Å². The van der Waals surface area contributed by atoms with Crippen molar-refractivity contribution < 1.29 is 0 Å². The predicted molar refractivity (Wildman–Crippen MR) is 55.1 cm³/mol. The van der Waals surface area contributed by atoms with Gasteiger partial charge in [-0.2, -0.15) is 5.10 Å². The van der Waals surface area contributed by atoms with Crippen LogP contribution in [0.3, 0.4) is 0 Å². The number of hydrogen-bond donors (Lipinski definition) is 2. The second-order valence-corrected chi connectivity index (χ2v) is 3.00. The molecule has 0 bridgehead atoms. The van der Waals surface area contributed by atoms with Gasteiger partial charge in [0, 0.05) is 13.2 Å². The number of hydrogen-bond acceptors (Lipinski definition) is 4. The normalized spacial score (nSPS) is 10.1. The molecular formula is C9H11N5. The van der Waals surface area contributed by atoms with E-state index in [1.54, 1.807) is 23.1 Å². The number of nitrogens with two attached hydrogens (primary N) is 1. The molecule has 2 aromatic rings. The van der Waals surface area contributed by atoms with Crippen LogP contribution >= 0.6 is 0 Å². The third-order valence-corrected chi connectivity index (χ3v) is 1.78. The zero-order valence-corrected chi connectivity index (χ0v) is 7.81. The van der Waals surface area contributed by atoms with E-state index in [0.29, 0.717) is 5.82 Å². The molecule has 2 heterocycles. The van der Waals surface area contributed by atoms with Gasteiger partial charge in [0.25, 0.3) is 0 Å². The average Bonchev–Trinajstić information content (AvgIpc) is 2.56. The number of pyridine rings is 1. The van der Waals surface area contributed by atoms with Crippen molar-refractivity contribution in [3.8, 4) is 0 Å². The zero-order valence-electron chi connectivity index (χ0n) is 7.81. The lowest BCUT2D eigenvalue weighted by molar-refractivity contribution is 0.768. The second kappa shape index (κ2) is 3.37. The van der Waals surface area contributed by atoms with E-state index in [4.69, 9.17) is 5.73 Å². The third kappa shape index (κ3) is 1.82. The molecule has 5 heteroatoms. The number of nitrogens with zero attached hydrogens (tertiary/aromatic N) is 3. The van der Waals surface area contributed by atoms with Gasteiger partial charge in [-0.15, -0.1) is 0 Å². The Kier molecular flexibility index (Phi) is 2.06. The fourth-order valence-corrected chi connectivity index (χ4v) is 1.13. The Balaban J connectivity index is 2.15. The number of anilines is 3. The molecular weight excluding hydrogens is 178 g/mol. The van der Waals surface area contributed by atoms with Crippen LogP contribution in [0, 0.1) is 0 Å². The third-order valence-electron chi connectivity index (χ3n) is 1.78. The minimum absolute atomic E-state index is 0.515. The molecule has 0 radical (unpaired) electrons. The summed E-state index contributed by atoms with van der Waals surface area (Å²) in [7, 11) is 1.87. The maximum Gasteiger partial charge on any atom is 0.123 e. The van der Waals surface area contributed by atoms with Crippen LogP contribution < -0.4 is 11.1 Å². The van der Waals surface area contributed by atoms with E-state index in [1.165, 1.54) is 0 Å². The minimum atomic E-state index is 0.515. The first-order chi connectivity index (χ1) is 6.74. The maximum absolute atomic E-state index is 5.47. The summed E-state index contributed by atoms with van der Waals surface area (Å²) >= 11 is 0. The average molecular weight is 189 g/mol. The fraction of sp³-hybridized carbons (Fsp3) is 0.111. The van der Waals surface area contributed by atoms with E-state index in [9.17, 15) is 0 Å². The van der Waals surface area contributed by atoms with Crippen LogP contribution in [0.15, 0.2) is 30.7 Å². The van der Waals surface area contributed by atoms with Crippen molar-refractivity contribution in [1.82, 2.24) is 14.8 Å². The standard InChI is InChI=1S/C9H11N5/c1-14-6-8(5-12-14)13-7-2-3-9(10)11-4-7/h2-6,13H,1H3,(H2,10,11). The summed E-state index contributed by atoms with van der Waals surface area (Å²) in [6.07, 6.45) is 5.31. The van der Waals surface area contributed by atoms with Crippen LogP contribution in [-0.2, 0) is 7.05 Å². The summed E-state index contributed by atoms with van der Waals surface area (Å²) in [6.45, 7) is 0. The van der Waals surface area contributed by atoms with Gasteiger partial charge in [-0.3, -0.25) is 4.68 Å². The topological polar surface area (TPSA) is 68.8 Å². The van der Waals surface area contributed by atoms with Gasteiger partial charge in [-0.25, -0.2) is 4.98 Å². The highest BCUT2D eigenvalue weighted by molar-refractivity contribution is 5.57. The second-order valence-electron chi connectivity index (χ2n) is 3.00. The Bertz CT molecular complexity index is 417. The van der Waals surface area contributed by atoms with E-state index in [2.05, 4.69) is 15.4 Å². The lowest BCUT2D eigenvalue weighted by Crippen LogP contribution is -1.92. The van der Waals surface area contributed by atoms with Crippen LogP contribution in [0.4, 0.5) is 17.2 Å². The molecule has 0 aliphatic rings. The number of aromatic nitrogens is 3. The molecule has 0 spiro atoms. The summed E-state index contributed by atoms with van der Waals surface area (Å²) in [4.78, 5) is 3.97. The van der Waals surface area contributed by atoms with E-state index in [0.717, 1.165) is 11.4 Å². The Morgan fingerprint density at radius 3 is 2.71 bits per heavy atom. The summed E-state index contributed by atoms with van der Waals surface area (Å²) < 4.78 is 1.73. The van der Waals surface area contributed by atoms with Crippen molar-refractivity contribution in [3.63, 3.8) is 0 Å². The number of nitrogens with one attached hydrogen (secondary N) is 1. The summed E-state index contributed by atoms with van der Waals surface area (Å²) in [5, 5.41) is 7.19. The van der Waals surface area contributed by atoms with E-state index < -0.39 is 0 Å². The van der Waals surface area contributed by atoms with Crippen LogP contribution in [-0.4, -0.2) is 14.8 Å². The maximum atomic E-state index is 5.47. The molecule has 0 amide bonds. The SMILES string of the molecule is Cn1cc(Nc2ccc(N)nc2)cn1. The predicted octanol–water partition coefficient (Wildman–Crippen LogP) is 1.14. The monoisotopic (exact) mass is 189 g/mol. The van der Waals surface area contributed by atoms with Crippen molar-refractivity contribution in [2.45, 2.75) is 0 Å². The van der Waals surface area contributed by atoms with E-state index in [-0.39, 0.29) is 0 Å². The summed E-state index contributed by atoms with van der Waals surface area (Å²) in [5.41, 5.74) is 7.29. The van der Waals surface area contributed by atoms with Gasteiger partial charge < -0.3 is 11.1 Å². The van der Waals surface area contributed by atoms with Gasteiger partial charge in [-0.05, 0) is 12.1 Å². The summed E-state index contributed by atoms with van der Waals surface area (Å²) in [6, 6.07) is 3.62. The molecule has 0 atom stereocenters. The molecule has 14 heavy (non-hydrogen) atoms. The van der Waals surface area contributed by atoms with Gasteiger partial charge in [0.05, 0.1) is 23.8 Å². The lowest BCUT2D eigenvalue weighted by Gasteiger charge is -2.01. The van der Waals surface area contributed by atoms with Crippen LogP contribution in [0.2, 0.25) is 0 Å². The molecule has 72 valence electrons. The molecule has 5 nitrogen and oxygen atoms in total. The van der Waals surface area contributed by atoms with Gasteiger partial charge >= 0.3 is 0 Å². The number of aryl methyl sites for hydroxylation is 1. The van der Waals surface area contributed by atoms with Crippen LogP contribution in [0.25, 0.3) is 0 Å². The first-order valence-electron chi connectivity index (χ1n) is 4.21. The van der Waals surface area contributed by atoms with Crippen molar-refractivity contribution in [2.75, 3.05) is 11.1 Å². The number of rotatable bonds is 2. The van der Waals surface area contributed by atoms with Gasteiger partial charge in [0.15, 0.2) is 0 Å². The van der Waals surface area contributed by atoms with Crippen LogP contribution in [0.5, 0.6) is 0 Å². The first-order valence-corrected chi connectivity index (χ1v) is 4.21. The van der Waals surface area contributed by atoms with Gasteiger partial charge in [0.2, 0.25) is 0 Å². The number of nitrogen functional groups attached to an aromatic ring is 1. The van der Waals surface area contributed by atoms with Gasteiger partial charge in [-0.1, -0.05) is 0 Å². The highest BCUT2D eigenvalue weighted by Gasteiger charge is 1.96. The smallest absolute Gasteiger partial charge is 0.123 e. The largest absolute Gasteiger partial charge is 0.384 e. The quantitative estimate of drug-likeness (QED) is 0.743. The molecule has 3 N–H and O–H groups in total. The molecule has 2 aromatic heterocycles. The lowest BCUT2D eigenvalue weighted by atomic mass is 10.4. The zero-order chi connectivity index (χ0) is 9.97. The molecule has 0 unspecified atom stereocenters. The van der Waals surface area contributed by atoms with Crippen molar-refractivity contribution in [1.29, 1.82) is 0 Å². The highest BCUT2D eigenvalue weighted by Crippen LogP contribution is 2.14. The van der Waals surface area contributed by atoms with E-state index >= 15 is 0 Å². The Morgan fingerprint density at radius 2 is 2.14 bits per heavy atom.